The molecule has 0 amide bonds. The van der Waals surface area contributed by atoms with Crippen LogP contribution in [0.15, 0.2) is 39.9 Å². The summed E-state index contributed by atoms with van der Waals surface area (Å²) >= 11 is 1.46. The third kappa shape index (κ3) is 3.38. The number of benzene rings is 1. The molecule has 0 saturated heterocycles. The zero-order valence-corrected chi connectivity index (χ0v) is 11.5. The quantitative estimate of drug-likeness (QED) is 0.886. The van der Waals surface area contributed by atoms with E-state index >= 15 is 0 Å². The normalized spacial score (nSPS) is 11.7. The van der Waals surface area contributed by atoms with E-state index in [-0.39, 0.29) is 13.2 Å². The summed E-state index contributed by atoms with van der Waals surface area (Å²) in [6, 6.07) is 5.33. The van der Waals surface area contributed by atoms with E-state index in [4.69, 9.17) is 5.11 Å². The van der Waals surface area contributed by atoms with Crippen molar-refractivity contribution in [2.24, 2.45) is 0 Å². The molecule has 0 fully saturated rings. The summed E-state index contributed by atoms with van der Waals surface area (Å²) in [5, 5.41) is 12.5. The van der Waals surface area contributed by atoms with Crippen molar-refractivity contribution < 1.29 is 17.9 Å². The molecule has 2 N–H and O–H groups in total. The molecule has 7 heteroatoms. The van der Waals surface area contributed by atoms with Crippen molar-refractivity contribution in [1.82, 2.24) is 4.72 Å². The Morgan fingerprint density at radius 1 is 1.26 bits per heavy atom. The van der Waals surface area contributed by atoms with Crippen LogP contribution in [0, 0.1) is 5.82 Å². The van der Waals surface area contributed by atoms with Crippen LogP contribution < -0.4 is 4.72 Å². The Morgan fingerprint density at radius 2 is 2.05 bits per heavy atom. The third-order valence-electron chi connectivity index (χ3n) is 2.51. The molecule has 1 aromatic carbocycles. The molecule has 4 nitrogen and oxygen atoms in total. The lowest BCUT2D eigenvalue weighted by Gasteiger charge is -2.07. The molecule has 19 heavy (non-hydrogen) atoms. The van der Waals surface area contributed by atoms with Gasteiger partial charge in [0, 0.05) is 6.54 Å². The van der Waals surface area contributed by atoms with Gasteiger partial charge in [-0.25, -0.2) is 17.5 Å². The maximum absolute atomic E-state index is 13.7. The largest absolute Gasteiger partial charge is 0.392 e. The van der Waals surface area contributed by atoms with Gasteiger partial charge in [-0.05, 0) is 40.1 Å². The third-order valence-corrected chi connectivity index (χ3v) is 4.68. The topological polar surface area (TPSA) is 66.4 Å². The van der Waals surface area contributed by atoms with Crippen molar-refractivity contribution in [3.05, 3.63) is 52.0 Å². The van der Waals surface area contributed by atoms with Gasteiger partial charge >= 0.3 is 0 Å². The van der Waals surface area contributed by atoms with Crippen LogP contribution in [0.25, 0.3) is 0 Å². The first kappa shape index (κ1) is 14.1. The lowest BCUT2D eigenvalue weighted by atomic mass is 10.2. The minimum atomic E-state index is -3.89. The van der Waals surface area contributed by atoms with Gasteiger partial charge in [-0.1, -0.05) is 6.07 Å². The second-order valence-corrected chi connectivity index (χ2v) is 6.39. The van der Waals surface area contributed by atoms with Gasteiger partial charge in [-0.2, -0.15) is 11.3 Å². The van der Waals surface area contributed by atoms with Crippen molar-refractivity contribution in [2.45, 2.75) is 18.0 Å². The van der Waals surface area contributed by atoms with E-state index < -0.39 is 20.7 Å². The van der Waals surface area contributed by atoms with Gasteiger partial charge in [0.05, 0.1) is 6.61 Å². The standard InChI is InChI=1S/C12H12FNO3S2/c13-11-5-9(7-15)1-2-12(11)19(16,17)14-6-10-3-4-18-8-10/h1-5,8,14-15H,6-7H2. The Bertz CT molecular complexity index is 654. The van der Waals surface area contributed by atoms with Crippen molar-refractivity contribution in [1.29, 1.82) is 0 Å². The highest BCUT2D eigenvalue weighted by molar-refractivity contribution is 7.89. The summed E-state index contributed by atoms with van der Waals surface area (Å²) in [6.07, 6.45) is 0. The molecular weight excluding hydrogens is 289 g/mol. The fourth-order valence-electron chi connectivity index (χ4n) is 1.51. The maximum Gasteiger partial charge on any atom is 0.243 e. The van der Waals surface area contributed by atoms with Gasteiger partial charge in [-0.3, -0.25) is 0 Å². The summed E-state index contributed by atoms with van der Waals surface area (Å²) in [4.78, 5) is -0.417. The van der Waals surface area contributed by atoms with Crippen LogP contribution >= 0.6 is 11.3 Å². The number of aliphatic hydroxyl groups is 1. The van der Waals surface area contributed by atoms with E-state index in [9.17, 15) is 12.8 Å². The fraction of sp³-hybridized carbons (Fsp3) is 0.167. The first-order valence-electron chi connectivity index (χ1n) is 5.43. The zero-order valence-electron chi connectivity index (χ0n) is 9.84. The highest BCUT2D eigenvalue weighted by Crippen LogP contribution is 2.17. The van der Waals surface area contributed by atoms with E-state index in [0.29, 0.717) is 5.56 Å². The minimum Gasteiger partial charge on any atom is -0.392 e. The lowest BCUT2D eigenvalue weighted by Crippen LogP contribution is -2.24. The van der Waals surface area contributed by atoms with Gasteiger partial charge in [0.25, 0.3) is 0 Å². The molecule has 102 valence electrons. The molecule has 0 bridgehead atoms. The van der Waals surface area contributed by atoms with Crippen LogP contribution in [0.3, 0.4) is 0 Å². The molecule has 0 unspecified atom stereocenters. The summed E-state index contributed by atoms with van der Waals surface area (Å²) in [6.45, 7) is -0.216. The van der Waals surface area contributed by atoms with Crippen LogP contribution in [0.1, 0.15) is 11.1 Å². The van der Waals surface area contributed by atoms with Crippen LogP contribution in [0.2, 0.25) is 0 Å². The maximum atomic E-state index is 13.7. The summed E-state index contributed by atoms with van der Waals surface area (Å²) in [7, 11) is -3.89. The highest BCUT2D eigenvalue weighted by Gasteiger charge is 2.18. The molecule has 0 aliphatic carbocycles. The van der Waals surface area contributed by atoms with Crippen molar-refractivity contribution >= 4 is 21.4 Å². The second kappa shape index (κ2) is 5.79. The Morgan fingerprint density at radius 3 is 2.63 bits per heavy atom. The summed E-state index contributed by atoms with van der Waals surface area (Å²) < 4.78 is 39.9. The summed E-state index contributed by atoms with van der Waals surface area (Å²) in [5.41, 5.74) is 1.15. The molecule has 0 spiro atoms. The molecule has 1 aromatic heterocycles. The number of thiophene rings is 1. The van der Waals surface area contributed by atoms with Crippen molar-refractivity contribution in [2.75, 3.05) is 0 Å². The number of rotatable bonds is 5. The van der Waals surface area contributed by atoms with E-state index in [1.54, 1.807) is 6.07 Å². The molecule has 0 aliphatic rings. The Labute approximate surface area is 114 Å². The molecular formula is C12H12FNO3S2. The Balaban J connectivity index is 2.19. The Hall–Kier alpha value is -1.28. The monoisotopic (exact) mass is 301 g/mol. The molecule has 0 aliphatic heterocycles. The van der Waals surface area contributed by atoms with Crippen molar-refractivity contribution in [3.63, 3.8) is 0 Å². The van der Waals surface area contributed by atoms with Gasteiger partial charge in [0.15, 0.2) is 0 Å². The molecule has 0 atom stereocenters. The molecule has 2 rings (SSSR count). The zero-order chi connectivity index (χ0) is 13.9. The fourth-order valence-corrected chi connectivity index (χ4v) is 3.25. The van der Waals surface area contributed by atoms with Gasteiger partial charge in [0.2, 0.25) is 10.0 Å². The number of nitrogens with one attached hydrogen (secondary N) is 1. The van der Waals surface area contributed by atoms with Gasteiger partial charge in [0.1, 0.15) is 10.7 Å². The van der Waals surface area contributed by atoms with E-state index in [1.165, 1.54) is 17.4 Å². The van der Waals surface area contributed by atoms with Gasteiger partial charge in [-0.15, -0.1) is 0 Å². The smallest absolute Gasteiger partial charge is 0.243 e. The van der Waals surface area contributed by atoms with E-state index in [2.05, 4.69) is 4.72 Å². The highest BCUT2D eigenvalue weighted by atomic mass is 32.2. The first-order valence-corrected chi connectivity index (χ1v) is 7.85. The number of hydrogen-bond acceptors (Lipinski definition) is 4. The number of halogens is 1. The average molecular weight is 301 g/mol. The van der Waals surface area contributed by atoms with Crippen molar-refractivity contribution in [3.8, 4) is 0 Å². The lowest BCUT2D eigenvalue weighted by molar-refractivity contribution is 0.281. The average Bonchev–Trinajstić information content (AvgIpc) is 2.89. The minimum absolute atomic E-state index is 0.118. The number of sulfonamides is 1. The number of aliphatic hydroxyl groups excluding tert-OH is 1. The van der Waals surface area contributed by atoms with Crippen LogP contribution in [-0.2, 0) is 23.2 Å². The first-order chi connectivity index (χ1) is 9.03. The SMILES string of the molecule is O=S(=O)(NCc1ccsc1)c1ccc(CO)cc1F. The molecule has 2 aromatic rings. The second-order valence-electron chi connectivity index (χ2n) is 3.88. The van der Waals surface area contributed by atoms with Gasteiger partial charge < -0.3 is 5.11 Å². The van der Waals surface area contributed by atoms with E-state index in [1.807, 2.05) is 10.8 Å². The predicted molar refractivity (Wildman–Crippen MR) is 70.7 cm³/mol. The molecule has 0 radical (unpaired) electrons. The summed E-state index contributed by atoms with van der Waals surface area (Å²) in [5.74, 6) is -0.871. The number of hydrogen-bond donors (Lipinski definition) is 2. The van der Waals surface area contributed by atoms with E-state index in [0.717, 1.165) is 17.7 Å². The van der Waals surface area contributed by atoms with Crippen LogP contribution in [0.5, 0.6) is 0 Å². The van der Waals surface area contributed by atoms with Crippen LogP contribution in [0.4, 0.5) is 4.39 Å². The molecule has 0 saturated carbocycles. The molecule has 1 heterocycles. The Kier molecular flexibility index (Phi) is 4.31. The predicted octanol–water partition coefficient (Wildman–Crippen LogP) is 1.86. The van der Waals surface area contributed by atoms with Crippen LogP contribution in [-0.4, -0.2) is 13.5 Å².